The second-order valence-corrected chi connectivity index (χ2v) is 4.86. The molecule has 0 radical (unpaired) electrons. The fraction of sp³-hybridized carbons (Fsp3) is 0.600. The molecule has 2 heterocycles. The Kier molecular flexibility index (Phi) is 3.35. The molecule has 0 amide bonds. The Morgan fingerprint density at radius 3 is 2.88 bits per heavy atom. The number of aromatic nitrogens is 2. The molecular weight excluding hydrogens is 251 g/mol. The van der Waals surface area contributed by atoms with Crippen LogP contribution in [0, 0.1) is 0 Å². The maximum atomic E-state index is 6.21. The topological polar surface area (TPSA) is 44.2 Å². The van der Waals surface area contributed by atoms with Crippen LogP contribution in [0.3, 0.4) is 0 Å². The van der Waals surface area contributed by atoms with Crippen LogP contribution >= 0.6 is 23.2 Å². The third kappa shape index (κ3) is 2.30. The van der Waals surface area contributed by atoms with Crippen molar-refractivity contribution in [2.24, 2.45) is 0 Å². The van der Waals surface area contributed by atoms with Crippen molar-refractivity contribution in [1.29, 1.82) is 0 Å². The molecule has 0 spiro atoms. The summed E-state index contributed by atoms with van der Waals surface area (Å²) in [6.45, 7) is 4.23. The molecular formula is C10H12Cl2N2O2. The number of nitrogens with zero attached hydrogens (tertiary/aromatic N) is 2. The van der Waals surface area contributed by atoms with Gasteiger partial charge in [0.25, 0.3) is 0 Å². The van der Waals surface area contributed by atoms with Crippen molar-refractivity contribution in [3.63, 3.8) is 0 Å². The van der Waals surface area contributed by atoms with Crippen molar-refractivity contribution in [2.75, 3.05) is 6.61 Å². The quantitative estimate of drug-likeness (QED) is 0.769. The number of hydrogen-bond donors (Lipinski definition) is 0. The van der Waals surface area contributed by atoms with Gasteiger partial charge in [-0.05, 0) is 12.0 Å². The Morgan fingerprint density at radius 2 is 2.31 bits per heavy atom. The van der Waals surface area contributed by atoms with Crippen LogP contribution < -0.4 is 0 Å². The molecule has 1 aliphatic heterocycles. The van der Waals surface area contributed by atoms with E-state index in [4.69, 9.17) is 32.7 Å². The highest BCUT2D eigenvalue weighted by Crippen LogP contribution is 2.36. The van der Waals surface area contributed by atoms with E-state index in [1.807, 2.05) is 19.9 Å². The molecule has 2 atom stereocenters. The van der Waals surface area contributed by atoms with Crippen molar-refractivity contribution in [2.45, 2.75) is 30.6 Å². The fourth-order valence-electron chi connectivity index (χ4n) is 1.38. The summed E-state index contributed by atoms with van der Waals surface area (Å²) in [7, 11) is 0. The first-order chi connectivity index (χ1) is 7.51. The molecule has 1 aromatic heterocycles. The van der Waals surface area contributed by atoms with E-state index >= 15 is 0 Å². The number of halogens is 2. The molecule has 2 unspecified atom stereocenters. The molecule has 0 N–H and O–H groups in total. The third-order valence-corrected chi connectivity index (χ3v) is 2.86. The third-order valence-electron chi connectivity index (χ3n) is 2.28. The molecule has 0 aliphatic carbocycles. The molecule has 0 bridgehead atoms. The van der Waals surface area contributed by atoms with E-state index in [9.17, 15) is 0 Å². The van der Waals surface area contributed by atoms with Crippen molar-refractivity contribution in [3.8, 4) is 0 Å². The van der Waals surface area contributed by atoms with Crippen molar-refractivity contribution in [1.82, 2.24) is 9.97 Å². The second-order valence-electron chi connectivity index (χ2n) is 3.89. The first-order valence-electron chi connectivity index (χ1n) is 4.97. The van der Waals surface area contributed by atoms with Crippen molar-refractivity contribution < 1.29 is 9.47 Å². The maximum Gasteiger partial charge on any atom is 0.239 e. The lowest BCUT2D eigenvalue weighted by Gasteiger charge is -2.17. The molecule has 4 nitrogen and oxygen atoms in total. The number of ether oxygens (including phenoxy) is 2. The zero-order chi connectivity index (χ0) is 11.8. The summed E-state index contributed by atoms with van der Waals surface area (Å²) in [5.74, 6) is -0.150. The summed E-state index contributed by atoms with van der Waals surface area (Å²) in [6.07, 6.45) is 1.66. The first-order valence-corrected chi connectivity index (χ1v) is 5.78. The normalized spacial score (nSPS) is 29.9. The smallest absolute Gasteiger partial charge is 0.239 e. The average molecular weight is 263 g/mol. The highest BCUT2D eigenvalue weighted by atomic mass is 35.5. The van der Waals surface area contributed by atoms with Gasteiger partial charge in [0.1, 0.15) is 6.61 Å². The van der Waals surface area contributed by atoms with Gasteiger partial charge in [0.05, 0.1) is 0 Å². The summed E-state index contributed by atoms with van der Waals surface area (Å²) in [6, 6.07) is 1.85. The Labute approximate surface area is 104 Å². The molecule has 16 heavy (non-hydrogen) atoms. The predicted molar refractivity (Wildman–Crippen MR) is 60.3 cm³/mol. The van der Waals surface area contributed by atoms with Gasteiger partial charge in [-0.1, -0.05) is 37.0 Å². The lowest BCUT2D eigenvalue weighted by molar-refractivity contribution is -0.00823. The van der Waals surface area contributed by atoms with E-state index in [-0.39, 0.29) is 6.61 Å². The number of hydrogen-bond acceptors (Lipinski definition) is 4. The minimum Gasteiger partial charge on any atom is -0.335 e. The van der Waals surface area contributed by atoms with E-state index in [0.29, 0.717) is 11.7 Å². The molecule has 0 saturated carbocycles. The lowest BCUT2D eigenvalue weighted by Crippen LogP contribution is -2.25. The summed E-state index contributed by atoms with van der Waals surface area (Å²) >= 11 is 11.9. The fourth-order valence-corrected chi connectivity index (χ4v) is 1.87. The summed E-state index contributed by atoms with van der Waals surface area (Å²) < 4.78 is 10.3. The van der Waals surface area contributed by atoms with E-state index in [0.717, 1.165) is 5.69 Å². The minimum absolute atomic E-state index is 0.143. The lowest BCUT2D eigenvalue weighted by atomic mass is 10.1. The van der Waals surface area contributed by atoms with Crippen molar-refractivity contribution in [3.05, 3.63) is 23.8 Å². The zero-order valence-corrected chi connectivity index (χ0v) is 10.5. The molecule has 0 aromatic carbocycles. The van der Waals surface area contributed by atoms with Crippen LogP contribution in [0.4, 0.5) is 0 Å². The van der Waals surface area contributed by atoms with Crippen molar-refractivity contribution >= 4 is 23.2 Å². The molecule has 88 valence electrons. The zero-order valence-electron chi connectivity index (χ0n) is 8.98. The molecule has 2 rings (SSSR count). The van der Waals surface area contributed by atoms with E-state index < -0.39 is 10.8 Å². The Hall–Kier alpha value is -0.420. The van der Waals surface area contributed by atoms with Gasteiger partial charge in [0.2, 0.25) is 10.8 Å². The Balaban J connectivity index is 2.30. The van der Waals surface area contributed by atoms with Gasteiger partial charge in [-0.25, -0.2) is 9.97 Å². The Morgan fingerprint density at radius 1 is 1.56 bits per heavy atom. The van der Waals surface area contributed by atoms with Gasteiger partial charge >= 0.3 is 0 Å². The van der Waals surface area contributed by atoms with Gasteiger partial charge < -0.3 is 9.47 Å². The molecule has 6 heteroatoms. The van der Waals surface area contributed by atoms with E-state index in [1.54, 1.807) is 6.20 Å². The van der Waals surface area contributed by atoms with E-state index in [1.165, 1.54) is 0 Å². The van der Waals surface area contributed by atoms with Crippen LogP contribution in [0.1, 0.15) is 31.3 Å². The van der Waals surface area contributed by atoms with Crippen LogP contribution in [-0.4, -0.2) is 22.3 Å². The van der Waals surface area contributed by atoms with Crippen LogP contribution in [0.15, 0.2) is 12.3 Å². The molecule has 1 fully saturated rings. The van der Waals surface area contributed by atoms with Gasteiger partial charge in [-0.15, -0.1) is 0 Å². The largest absolute Gasteiger partial charge is 0.335 e. The highest BCUT2D eigenvalue weighted by molar-refractivity contribution is 6.24. The molecule has 1 saturated heterocycles. The molecule has 1 aliphatic rings. The minimum atomic E-state index is -1.17. The standard InChI is InChI=1S/C10H12Cl2N2O2/c1-6(2)7-3-4-13-8(14-7)10(12)5-15-9(11)16-10/h3-4,6,9H,5H2,1-2H3. The van der Waals surface area contributed by atoms with Crippen LogP contribution in [0.2, 0.25) is 0 Å². The van der Waals surface area contributed by atoms with Gasteiger partial charge in [0, 0.05) is 11.9 Å². The van der Waals surface area contributed by atoms with Crippen LogP contribution in [-0.2, 0) is 14.5 Å². The summed E-state index contributed by atoms with van der Waals surface area (Å²) in [5, 5.41) is -1.17. The first kappa shape index (κ1) is 12.0. The van der Waals surface area contributed by atoms with Gasteiger partial charge in [0.15, 0.2) is 5.82 Å². The SMILES string of the molecule is CC(C)c1ccnc(C2(Cl)COC(Cl)O2)n1. The van der Waals surface area contributed by atoms with Crippen LogP contribution in [0.5, 0.6) is 0 Å². The Bertz CT molecular complexity index is 389. The second kappa shape index (κ2) is 4.45. The maximum absolute atomic E-state index is 6.21. The average Bonchev–Trinajstić information content (AvgIpc) is 2.60. The van der Waals surface area contributed by atoms with E-state index in [2.05, 4.69) is 9.97 Å². The van der Waals surface area contributed by atoms with Gasteiger partial charge in [-0.2, -0.15) is 0 Å². The summed E-state index contributed by atoms with van der Waals surface area (Å²) in [5.41, 5.74) is 0.909. The highest BCUT2D eigenvalue weighted by Gasteiger charge is 2.43. The van der Waals surface area contributed by atoms with Crippen LogP contribution in [0.25, 0.3) is 0 Å². The monoisotopic (exact) mass is 262 g/mol. The predicted octanol–water partition coefficient (Wildman–Crippen LogP) is 2.56. The number of rotatable bonds is 2. The number of alkyl halides is 2. The summed E-state index contributed by atoms with van der Waals surface area (Å²) in [4.78, 5) is 8.46. The van der Waals surface area contributed by atoms with Gasteiger partial charge in [-0.3, -0.25) is 0 Å². The molecule has 1 aromatic rings.